The molecule has 0 bridgehead atoms. The number of anilines is 1. The molecule has 1 aromatic carbocycles. The summed E-state index contributed by atoms with van der Waals surface area (Å²) in [7, 11) is 1.74. The predicted molar refractivity (Wildman–Crippen MR) is 79.7 cm³/mol. The summed E-state index contributed by atoms with van der Waals surface area (Å²) in [6, 6.07) is 7.34. The molecule has 0 spiro atoms. The van der Waals surface area contributed by atoms with Crippen LogP contribution in [-0.4, -0.2) is 28.1 Å². The number of H-pyrrole nitrogens is 1. The highest BCUT2D eigenvalue weighted by atomic mass is 35.5. The average Bonchev–Trinajstić information content (AvgIpc) is 2.76. The first kappa shape index (κ1) is 14.4. The molecule has 6 heteroatoms. The minimum atomic E-state index is -0.156. The molecule has 2 rings (SSSR count). The number of hydrogen-bond donors (Lipinski definition) is 2. The summed E-state index contributed by atoms with van der Waals surface area (Å²) < 4.78 is 0. The van der Waals surface area contributed by atoms with Crippen LogP contribution in [0.3, 0.4) is 0 Å². The van der Waals surface area contributed by atoms with Crippen molar-refractivity contribution < 1.29 is 4.79 Å². The summed E-state index contributed by atoms with van der Waals surface area (Å²) in [4.78, 5) is 14.1. The minimum Gasteiger partial charge on any atom is -0.382 e. The first-order valence-corrected chi connectivity index (χ1v) is 6.62. The zero-order chi connectivity index (χ0) is 14.9. The molecule has 1 atom stereocenters. The van der Waals surface area contributed by atoms with Crippen LogP contribution >= 0.6 is 11.6 Å². The van der Waals surface area contributed by atoms with Crippen molar-refractivity contribution >= 4 is 23.3 Å². The van der Waals surface area contributed by atoms with E-state index in [2.05, 4.69) is 10.2 Å². The predicted octanol–water partition coefficient (Wildman–Crippen LogP) is 2.79. The molecule has 1 amide bonds. The van der Waals surface area contributed by atoms with Crippen molar-refractivity contribution in [2.75, 3.05) is 12.8 Å². The second-order valence-corrected chi connectivity index (χ2v) is 5.19. The SMILES string of the molecule is Cc1[nH]nc(N)c1C(=O)N(C)C(C)c1ccc(Cl)cc1. The van der Waals surface area contributed by atoms with Gasteiger partial charge in [0.05, 0.1) is 6.04 Å². The van der Waals surface area contributed by atoms with Gasteiger partial charge in [0.15, 0.2) is 5.82 Å². The van der Waals surface area contributed by atoms with Gasteiger partial charge in [-0.05, 0) is 31.5 Å². The van der Waals surface area contributed by atoms with E-state index >= 15 is 0 Å². The Morgan fingerprint density at radius 1 is 1.40 bits per heavy atom. The number of aromatic amines is 1. The average molecular weight is 293 g/mol. The number of aryl methyl sites for hydroxylation is 1. The second-order valence-electron chi connectivity index (χ2n) is 4.75. The number of nitrogen functional groups attached to an aromatic ring is 1. The fourth-order valence-corrected chi connectivity index (χ4v) is 2.16. The van der Waals surface area contributed by atoms with Crippen molar-refractivity contribution in [3.05, 3.63) is 46.1 Å². The number of amides is 1. The van der Waals surface area contributed by atoms with Gasteiger partial charge in [-0.3, -0.25) is 9.89 Å². The van der Waals surface area contributed by atoms with Crippen LogP contribution < -0.4 is 5.73 Å². The van der Waals surface area contributed by atoms with E-state index in [1.54, 1.807) is 18.9 Å². The Hall–Kier alpha value is -2.01. The van der Waals surface area contributed by atoms with Gasteiger partial charge >= 0.3 is 0 Å². The van der Waals surface area contributed by atoms with Crippen LogP contribution in [0.15, 0.2) is 24.3 Å². The minimum absolute atomic E-state index is 0.0894. The zero-order valence-electron chi connectivity index (χ0n) is 11.6. The fraction of sp³-hybridized carbons (Fsp3) is 0.286. The van der Waals surface area contributed by atoms with Crippen molar-refractivity contribution in [2.24, 2.45) is 0 Å². The monoisotopic (exact) mass is 292 g/mol. The molecular formula is C14H17ClN4O. The highest BCUT2D eigenvalue weighted by Gasteiger charge is 2.24. The summed E-state index contributed by atoms with van der Waals surface area (Å²) >= 11 is 5.87. The normalized spacial score (nSPS) is 12.2. The van der Waals surface area contributed by atoms with Gasteiger partial charge in [0.25, 0.3) is 5.91 Å². The van der Waals surface area contributed by atoms with Crippen molar-refractivity contribution in [1.82, 2.24) is 15.1 Å². The van der Waals surface area contributed by atoms with Gasteiger partial charge in [0.1, 0.15) is 5.56 Å². The first-order valence-electron chi connectivity index (χ1n) is 6.25. The number of rotatable bonds is 3. The lowest BCUT2D eigenvalue weighted by Gasteiger charge is -2.25. The Labute approximate surface area is 122 Å². The second kappa shape index (κ2) is 5.54. The van der Waals surface area contributed by atoms with Crippen LogP contribution in [0.2, 0.25) is 5.02 Å². The Balaban J connectivity index is 2.24. The van der Waals surface area contributed by atoms with Gasteiger partial charge in [0, 0.05) is 17.8 Å². The van der Waals surface area contributed by atoms with Gasteiger partial charge < -0.3 is 10.6 Å². The van der Waals surface area contributed by atoms with Gasteiger partial charge in [-0.25, -0.2) is 0 Å². The van der Waals surface area contributed by atoms with Gasteiger partial charge in [-0.1, -0.05) is 23.7 Å². The molecule has 5 nitrogen and oxygen atoms in total. The number of hydrogen-bond acceptors (Lipinski definition) is 3. The maximum Gasteiger partial charge on any atom is 0.259 e. The van der Waals surface area contributed by atoms with E-state index in [0.29, 0.717) is 16.3 Å². The third kappa shape index (κ3) is 2.63. The summed E-state index contributed by atoms with van der Waals surface area (Å²) in [6.07, 6.45) is 0. The molecule has 1 aromatic heterocycles. The standard InChI is InChI=1S/C14H17ClN4O/c1-8-12(13(16)18-17-8)14(20)19(3)9(2)10-4-6-11(15)7-5-10/h4-7,9H,1-3H3,(H3,16,17,18). The third-order valence-electron chi connectivity index (χ3n) is 3.44. The lowest BCUT2D eigenvalue weighted by molar-refractivity contribution is 0.0743. The number of carbonyl (C=O) groups excluding carboxylic acids is 1. The number of carbonyl (C=O) groups is 1. The quantitative estimate of drug-likeness (QED) is 0.913. The number of nitrogens with zero attached hydrogens (tertiary/aromatic N) is 2. The molecule has 0 aliphatic rings. The molecule has 0 saturated carbocycles. The smallest absolute Gasteiger partial charge is 0.259 e. The van der Waals surface area contributed by atoms with Crippen LogP contribution in [0.1, 0.15) is 34.6 Å². The van der Waals surface area contributed by atoms with Crippen LogP contribution in [0.5, 0.6) is 0 Å². The molecule has 3 N–H and O–H groups in total. The molecule has 0 aliphatic carbocycles. The van der Waals surface area contributed by atoms with Crippen molar-refractivity contribution in [3.8, 4) is 0 Å². The number of nitrogens with one attached hydrogen (secondary N) is 1. The largest absolute Gasteiger partial charge is 0.382 e. The topological polar surface area (TPSA) is 75.0 Å². The zero-order valence-corrected chi connectivity index (χ0v) is 12.4. The van der Waals surface area contributed by atoms with Gasteiger partial charge in [-0.2, -0.15) is 5.10 Å². The molecule has 1 heterocycles. The highest BCUT2D eigenvalue weighted by molar-refractivity contribution is 6.30. The number of benzene rings is 1. The van der Waals surface area contributed by atoms with Crippen molar-refractivity contribution in [2.45, 2.75) is 19.9 Å². The lowest BCUT2D eigenvalue weighted by Crippen LogP contribution is -2.30. The molecule has 2 aromatic rings. The van der Waals surface area contributed by atoms with E-state index in [-0.39, 0.29) is 17.8 Å². The third-order valence-corrected chi connectivity index (χ3v) is 3.69. The highest BCUT2D eigenvalue weighted by Crippen LogP contribution is 2.24. The van der Waals surface area contributed by atoms with Gasteiger partial charge in [0.2, 0.25) is 0 Å². The Kier molecular flexibility index (Phi) is 3.99. The molecular weight excluding hydrogens is 276 g/mol. The molecule has 106 valence electrons. The number of aromatic nitrogens is 2. The molecule has 0 aliphatic heterocycles. The molecule has 20 heavy (non-hydrogen) atoms. The van der Waals surface area contributed by atoms with Crippen LogP contribution in [0.25, 0.3) is 0 Å². The van der Waals surface area contributed by atoms with E-state index in [1.807, 2.05) is 31.2 Å². The maximum absolute atomic E-state index is 12.5. The summed E-state index contributed by atoms with van der Waals surface area (Å²) in [5, 5.41) is 7.24. The van der Waals surface area contributed by atoms with E-state index in [4.69, 9.17) is 17.3 Å². The number of halogens is 1. The van der Waals surface area contributed by atoms with E-state index in [0.717, 1.165) is 5.56 Å². The molecule has 0 saturated heterocycles. The summed E-state index contributed by atoms with van der Waals surface area (Å²) in [6.45, 7) is 3.73. The first-order chi connectivity index (χ1) is 9.41. The Morgan fingerprint density at radius 2 is 2.00 bits per heavy atom. The van der Waals surface area contributed by atoms with Crippen molar-refractivity contribution in [3.63, 3.8) is 0 Å². The molecule has 0 radical (unpaired) electrons. The van der Waals surface area contributed by atoms with Crippen molar-refractivity contribution in [1.29, 1.82) is 0 Å². The Morgan fingerprint density at radius 3 is 2.50 bits per heavy atom. The summed E-state index contributed by atoms with van der Waals surface area (Å²) in [5.41, 5.74) is 7.83. The lowest BCUT2D eigenvalue weighted by atomic mass is 10.1. The summed E-state index contributed by atoms with van der Waals surface area (Å²) in [5.74, 6) is 0.0684. The molecule has 1 unspecified atom stereocenters. The van der Waals surface area contributed by atoms with Gasteiger partial charge in [-0.15, -0.1) is 0 Å². The fourth-order valence-electron chi connectivity index (χ4n) is 2.04. The maximum atomic E-state index is 12.5. The Bertz CT molecular complexity index is 601. The van der Waals surface area contributed by atoms with Crippen LogP contribution in [-0.2, 0) is 0 Å². The van der Waals surface area contributed by atoms with E-state index < -0.39 is 0 Å². The molecule has 0 fully saturated rings. The van der Waals surface area contributed by atoms with E-state index in [9.17, 15) is 4.79 Å². The number of nitrogens with two attached hydrogens (primary N) is 1. The van der Waals surface area contributed by atoms with E-state index in [1.165, 1.54) is 0 Å². The van der Waals surface area contributed by atoms with Crippen LogP contribution in [0.4, 0.5) is 5.82 Å². The van der Waals surface area contributed by atoms with Crippen LogP contribution in [0, 0.1) is 6.92 Å².